The van der Waals surface area contributed by atoms with Gasteiger partial charge in [0.25, 0.3) is 0 Å². The minimum atomic E-state index is -1.45. The molecule has 0 saturated carbocycles. The second-order valence-electron chi connectivity index (χ2n) is 9.42. The van der Waals surface area contributed by atoms with Crippen LogP contribution in [-0.2, 0) is 32.0 Å². The van der Waals surface area contributed by atoms with Gasteiger partial charge in [0, 0.05) is 24.6 Å². The number of amides is 1. The SMILES string of the molecule is CC(C)(C)OC(=O)C(CC(=O)NC(CC(=O)O)Cc1cc(F)c(F)cc1F)Cc1cc(F)c(F)cc1F. The van der Waals surface area contributed by atoms with Crippen LogP contribution in [0.5, 0.6) is 0 Å². The molecule has 2 atom stereocenters. The van der Waals surface area contributed by atoms with E-state index in [1.807, 2.05) is 0 Å². The number of hydrogen-bond acceptors (Lipinski definition) is 4. The highest BCUT2D eigenvalue weighted by molar-refractivity contribution is 5.84. The summed E-state index contributed by atoms with van der Waals surface area (Å²) in [6.07, 6.45) is -2.52. The zero-order valence-corrected chi connectivity index (χ0v) is 20.1. The fraction of sp³-hybridized carbons (Fsp3) is 0.400. The van der Waals surface area contributed by atoms with Crippen molar-refractivity contribution in [3.8, 4) is 0 Å². The highest BCUT2D eigenvalue weighted by Gasteiger charge is 2.30. The number of esters is 1. The number of carbonyl (C=O) groups is 3. The normalized spacial score (nSPS) is 13.1. The van der Waals surface area contributed by atoms with E-state index >= 15 is 0 Å². The van der Waals surface area contributed by atoms with Gasteiger partial charge in [-0.3, -0.25) is 14.4 Å². The minimum Gasteiger partial charge on any atom is -0.481 e. The molecular weight excluding hydrogens is 508 g/mol. The summed E-state index contributed by atoms with van der Waals surface area (Å²) < 4.78 is 87.2. The second kappa shape index (κ2) is 12.1. The Morgan fingerprint density at radius 3 is 1.70 bits per heavy atom. The Labute approximate surface area is 208 Å². The fourth-order valence-corrected chi connectivity index (χ4v) is 3.49. The summed E-state index contributed by atoms with van der Waals surface area (Å²) in [6.45, 7) is 4.58. The van der Waals surface area contributed by atoms with Gasteiger partial charge in [0.1, 0.15) is 17.2 Å². The van der Waals surface area contributed by atoms with Gasteiger partial charge in [0.2, 0.25) is 5.91 Å². The molecule has 2 aromatic rings. The van der Waals surface area contributed by atoms with E-state index in [2.05, 4.69) is 5.32 Å². The summed E-state index contributed by atoms with van der Waals surface area (Å²) in [5.41, 5.74) is -1.83. The third-order valence-electron chi connectivity index (χ3n) is 5.07. The maximum atomic E-state index is 14.2. The molecule has 202 valence electrons. The van der Waals surface area contributed by atoms with Crippen molar-refractivity contribution in [1.82, 2.24) is 5.32 Å². The van der Waals surface area contributed by atoms with E-state index in [4.69, 9.17) is 9.84 Å². The first-order valence-electron chi connectivity index (χ1n) is 11.1. The summed E-state index contributed by atoms with van der Waals surface area (Å²) in [5, 5.41) is 11.4. The highest BCUT2D eigenvalue weighted by atomic mass is 19.2. The Morgan fingerprint density at radius 2 is 1.24 bits per heavy atom. The minimum absolute atomic E-state index is 0.277. The molecule has 0 aromatic heterocycles. The van der Waals surface area contributed by atoms with E-state index in [1.54, 1.807) is 0 Å². The number of rotatable bonds is 10. The Kier molecular flexibility index (Phi) is 9.71. The molecule has 0 radical (unpaired) electrons. The van der Waals surface area contributed by atoms with Crippen LogP contribution in [0.15, 0.2) is 24.3 Å². The van der Waals surface area contributed by atoms with Crippen LogP contribution in [0.1, 0.15) is 44.7 Å². The Balaban J connectivity index is 2.27. The fourth-order valence-electron chi connectivity index (χ4n) is 3.49. The van der Waals surface area contributed by atoms with E-state index in [1.165, 1.54) is 20.8 Å². The number of ether oxygens (including phenoxy) is 1. The van der Waals surface area contributed by atoms with Gasteiger partial charge in [0.15, 0.2) is 23.3 Å². The molecule has 2 rings (SSSR count). The molecule has 0 heterocycles. The Hall–Kier alpha value is -3.57. The average Bonchev–Trinajstić information content (AvgIpc) is 2.73. The molecule has 0 aliphatic rings. The molecule has 12 heteroatoms. The van der Waals surface area contributed by atoms with E-state index in [9.17, 15) is 40.7 Å². The number of aliphatic carboxylic acids is 1. The number of benzene rings is 2. The molecule has 1 amide bonds. The molecular formula is C25H25F6NO5. The van der Waals surface area contributed by atoms with Crippen LogP contribution in [0.25, 0.3) is 0 Å². The van der Waals surface area contributed by atoms with Crippen molar-refractivity contribution >= 4 is 17.8 Å². The quantitative estimate of drug-likeness (QED) is 0.264. The molecule has 6 nitrogen and oxygen atoms in total. The first-order valence-corrected chi connectivity index (χ1v) is 11.1. The molecule has 2 N–H and O–H groups in total. The van der Waals surface area contributed by atoms with Crippen molar-refractivity contribution in [2.75, 3.05) is 0 Å². The van der Waals surface area contributed by atoms with Crippen molar-refractivity contribution in [3.63, 3.8) is 0 Å². The molecule has 0 fully saturated rings. The van der Waals surface area contributed by atoms with Gasteiger partial charge in [-0.25, -0.2) is 26.3 Å². The number of carbonyl (C=O) groups excluding carboxylic acids is 2. The number of carboxylic acid groups (broad SMARTS) is 1. The second-order valence-corrected chi connectivity index (χ2v) is 9.42. The van der Waals surface area contributed by atoms with Gasteiger partial charge in [0.05, 0.1) is 12.3 Å². The smallest absolute Gasteiger partial charge is 0.310 e. The van der Waals surface area contributed by atoms with Crippen LogP contribution in [0.2, 0.25) is 0 Å². The lowest BCUT2D eigenvalue weighted by molar-refractivity contribution is -0.161. The molecule has 0 spiro atoms. The van der Waals surface area contributed by atoms with Crippen LogP contribution in [-0.4, -0.2) is 34.6 Å². The predicted octanol–water partition coefficient (Wildman–Crippen LogP) is 4.61. The van der Waals surface area contributed by atoms with Crippen molar-refractivity contribution < 1.29 is 50.6 Å². The zero-order chi connectivity index (χ0) is 28.1. The van der Waals surface area contributed by atoms with E-state index in [-0.39, 0.29) is 12.1 Å². The topological polar surface area (TPSA) is 92.7 Å². The molecule has 2 unspecified atom stereocenters. The maximum Gasteiger partial charge on any atom is 0.310 e. The summed E-state index contributed by atoms with van der Waals surface area (Å²) in [6, 6.07) is 0.332. The van der Waals surface area contributed by atoms with Gasteiger partial charge >= 0.3 is 11.9 Å². The summed E-state index contributed by atoms with van der Waals surface area (Å²) in [4.78, 5) is 36.7. The molecule has 0 saturated heterocycles. The van der Waals surface area contributed by atoms with Gasteiger partial charge in [-0.15, -0.1) is 0 Å². The number of halogens is 6. The lowest BCUT2D eigenvalue weighted by Gasteiger charge is -2.25. The van der Waals surface area contributed by atoms with Gasteiger partial charge in [-0.1, -0.05) is 0 Å². The Bertz CT molecular complexity index is 1180. The van der Waals surface area contributed by atoms with Crippen LogP contribution < -0.4 is 5.32 Å². The third kappa shape index (κ3) is 9.10. The number of hydrogen-bond donors (Lipinski definition) is 2. The molecule has 0 aliphatic carbocycles. The number of nitrogens with one attached hydrogen (secondary N) is 1. The molecule has 2 aromatic carbocycles. The third-order valence-corrected chi connectivity index (χ3v) is 5.07. The largest absolute Gasteiger partial charge is 0.481 e. The molecule has 0 bridgehead atoms. The van der Waals surface area contributed by atoms with E-state index in [0.29, 0.717) is 12.1 Å². The summed E-state index contributed by atoms with van der Waals surface area (Å²) >= 11 is 0. The van der Waals surface area contributed by atoms with Crippen molar-refractivity contribution in [1.29, 1.82) is 0 Å². The summed E-state index contributed by atoms with van der Waals surface area (Å²) in [7, 11) is 0. The predicted molar refractivity (Wildman–Crippen MR) is 118 cm³/mol. The summed E-state index contributed by atoms with van der Waals surface area (Å²) in [5.74, 6) is -12.7. The van der Waals surface area contributed by atoms with Crippen LogP contribution in [0, 0.1) is 40.8 Å². The van der Waals surface area contributed by atoms with Crippen LogP contribution >= 0.6 is 0 Å². The van der Waals surface area contributed by atoms with Crippen LogP contribution in [0.3, 0.4) is 0 Å². The first kappa shape index (κ1) is 29.7. The molecule has 37 heavy (non-hydrogen) atoms. The van der Waals surface area contributed by atoms with Crippen molar-refractivity contribution in [3.05, 3.63) is 70.3 Å². The zero-order valence-electron chi connectivity index (χ0n) is 20.1. The van der Waals surface area contributed by atoms with Gasteiger partial charge in [-0.2, -0.15) is 0 Å². The van der Waals surface area contributed by atoms with Gasteiger partial charge < -0.3 is 15.2 Å². The van der Waals surface area contributed by atoms with Gasteiger partial charge in [-0.05, 0) is 56.9 Å². The lowest BCUT2D eigenvalue weighted by Crippen LogP contribution is -2.40. The average molecular weight is 533 g/mol. The van der Waals surface area contributed by atoms with E-state index in [0.717, 1.165) is 0 Å². The lowest BCUT2D eigenvalue weighted by atomic mass is 9.94. The van der Waals surface area contributed by atoms with Crippen LogP contribution in [0.4, 0.5) is 26.3 Å². The first-order chi connectivity index (χ1) is 17.1. The monoisotopic (exact) mass is 533 g/mol. The maximum absolute atomic E-state index is 14.2. The standard InChI is InChI=1S/C25H25F6NO5/c1-25(2,3)37-24(36)14(4-12-6-18(28)20(30)10-16(12)26)8-22(33)32-15(9-23(34)35)5-13-7-19(29)21(31)11-17(13)27/h6-7,10-11,14-15H,4-5,8-9H2,1-3H3,(H,32,33)(H,34,35). The van der Waals surface area contributed by atoms with Crippen molar-refractivity contribution in [2.24, 2.45) is 5.92 Å². The van der Waals surface area contributed by atoms with E-state index < -0.39 is 107 Å². The number of carboxylic acids is 1. The Morgan fingerprint density at radius 1 is 0.784 bits per heavy atom. The molecule has 0 aliphatic heterocycles. The highest BCUT2D eigenvalue weighted by Crippen LogP contribution is 2.23. The van der Waals surface area contributed by atoms with Crippen molar-refractivity contribution in [2.45, 2.75) is 58.1 Å².